The Morgan fingerprint density at radius 1 is 1.13 bits per heavy atom. The van der Waals surface area contributed by atoms with Gasteiger partial charge in [0.15, 0.2) is 0 Å². The molecular weight excluding hydrogens is 194 g/mol. The van der Waals surface area contributed by atoms with Gasteiger partial charge in [-0.2, -0.15) is 0 Å². The Labute approximate surface area is 89.7 Å². The maximum Gasteiger partial charge on any atom is 0.313 e. The molecule has 2 aliphatic rings. The second kappa shape index (κ2) is 3.76. The van der Waals surface area contributed by atoms with Crippen molar-refractivity contribution in [3.63, 3.8) is 0 Å². The molecule has 1 aliphatic carbocycles. The molecule has 3 N–H and O–H groups in total. The first-order valence-corrected chi connectivity index (χ1v) is 5.77. The second-order valence-corrected chi connectivity index (χ2v) is 4.91. The van der Waals surface area contributed by atoms with E-state index in [9.17, 15) is 15.0 Å². The number of aliphatic hydroxyl groups is 1. The predicted molar refractivity (Wildman–Crippen MR) is 55.6 cm³/mol. The van der Waals surface area contributed by atoms with Gasteiger partial charge in [-0.05, 0) is 32.2 Å². The summed E-state index contributed by atoms with van der Waals surface area (Å²) >= 11 is 0. The summed E-state index contributed by atoms with van der Waals surface area (Å²) < 4.78 is 0. The number of aliphatic carboxylic acids is 1. The van der Waals surface area contributed by atoms with Crippen LogP contribution >= 0.6 is 0 Å². The molecule has 0 aromatic heterocycles. The molecule has 0 spiro atoms. The number of hydrogen-bond acceptors (Lipinski definition) is 3. The predicted octanol–water partition coefficient (Wildman–Crippen LogP) is 0.746. The lowest BCUT2D eigenvalue weighted by atomic mass is 9.66. The topological polar surface area (TPSA) is 69.6 Å². The van der Waals surface area contributed by atoms with Gasteiger partial charge < -0.3 is 15.5 Å². The fourth-order valence-corrected chi connectivity index (χ4v) is 3.12. The van der Waals surface area contributed by atoms with Crippen molar-refractivity contribution in [1.29, 1.82) is 0 Å². The molecule has 1 saturated carbocycles. The Bertz CT molecular complexity index is 253. The first-order chi connectivity index (χ1) is 7.11. The number of piperidine rings is 1. The average molecular weight is 213 g/mol. The number of rotatable bonds is 2. The highest BCUT2D eigenvalue weighted by atomic mass is 16.4. The molecule has 2 fully saturated rings. The van der Waals surface area contributed by atoms with Crippen LogP contribution in [0.15, 0.2) is 0 Å². The molecule has 4 heteroatoms. The molecule has 0 aromatic carbocycles. The third-order valence-corrected chi connectivity index (χ3v) is 4.11. The van der Waals surface area contributed by atoms with Crippen molar-refractivity contribution in [2.75, 3.05) is 13.1 Å². The third-order valence-electron chi connectivity index (χ3n) is 4.11. The highest BCUT2D eigenvalue weighted by molar-refractivity contribution is 5.77. The van der Waals surface area contributed by atoms with Crippen molar-refractivity contribution in [3.05, 3.63) is 0 Å². The lowest BCUT2D eigenvalue weighted by molar-refractivity contribution is -0.172. The van der Waals surface area contributed by atoms with E-state index in [1.165, 1.54) is 0 Å². The number of hydrogen-bond donors (Lipinski definition) is 3. The molecule has 0 amide bonds. The van der Waals surface area contributed by atoms with Crippen molar-refractivity contribution in [2.24, 2.45) is 5.41 Å². The largest absolute Gasteiger partial charge is 0.481 e. The Balaban J connectivity index is 2.28. The zero-order chi connectivity index (χ0) is 10.9. The monoisotopic (exact) mass is 213 g/mol. The van der Waals surface area contributed by atoms with Crippen LogP contribution in [0, 0.1) is 5.41 Å². The van der Waals surface area contributed by atoms with Gasteiger partial charge in [-0.1, -0.05) is 12.8 Å². The van der Waals surface area contributed by atoms with Gasteiger partial charge in [0, 0.05) is 6.54 Å². The molecule has 1 saturated heterocycles. The molecule has 1 unspecified atom stereocenters. The van der Waals surface area contributed by atoms with Gasteiger partial charge in [0.05, 0.1) is 5.60 Å². The minimum Gasteiger partial charge on any atom is -0.481 e. The van der Waals surface area contributed by atoms with Crippen LogP contribution < -0.4 is 5.32 Å². The summed E-state index contributed by atoms with van der Waals surface area (Å²) in [6, 6.07) is 0. The summed E-state index contributed by atoms with van der Waals surface area (Å²) in [6.07, 6.45) is 4.62. The van der Waals surface area contributed by atoms with E-state index in [2.05, 4.69) is 5.32 Å². The van der Waals surface area contributed by atoms with Gasteiger partial charge >= 0.3 is 5.97 Å². The normalized spacial score (nSPS) is 35.3. The van der Waals surface area contributed by atoms with E-state index in [1.54, 1.807) is 0 Å². The minimum atomic E-state index is -0.980. The lowest BCUT2D eigenvalue weighted by Crippen LogP contribution is -2.59. The van der Waals surface area contributed by atoms with Gasteiger partial charge in [-0.3, -0.25) is 4.79 Å². The number of carbonyl (C=O) groups is 1. The molecule has 4 nitrogen and oxygen atoms in total. The van der Waals surface area contributed by atoms with E-state index in [-0.39, 0.29) is 0 Å². The Hall–Kier alpha value is -0.610. The Kier molecular flexibility index (Phi) is 2.73. The first-order valence-electron chi connectivity index (χ1n) is 5.77. The van der Waals surface area contributed by atoms with E-state index < -0.39 is 17.0 Å². The Morgan fingerprint density at radius 2 is 1.80 bits per heavy atom. The van der Waals surface area contributed by atoms with Gasteiger partial charge in [-0.25, -0.2) is 0 Å². The van der Waals surface area contributed by atoms with E-state index in [0.29, 0.717) is 25.8 Å². The van der Waals surface area contributed by atoms with Crippen LogP contribution in [0.1, 0.15) is 38.5 Å². The molecule has 2 rings (SSSR count). The summed E-state index contributed by atoms with van der Waals surface area (Å²) in [4.78, 5) is 11.5. The standard InChI is InChI=1S/C11H19NO3/c13-9(14)10(4-3-7-12-8-10)11(15)5-1-2-6-11/h12,15H,1-8H2,(H,13,14). The SMILES string of the molecule is O=C(O)C1(C2(O)CCCC2)CCCNC1. The zero-order valence-corrected chi connectivity index (χ0v) is 8.96. The molecule has 0 bridgehead atoms. The summed E-state index contributed by atoms with van der Waals surface area (Å²) in [7, 11) is 0. The number of nitrogens with one attached hydrogen (secondary N) is 1. The molecule has 1 heterocycles. The van der Waals surface area contributed by atoms with E-state index >= 15 is 0 Å². The van der Waals surface area contributed by atoms with Gasteiger partial charge in [-0.15, -0.1) is 0 Å². The van der Waals surface area contributed by atoms with Crippen molar-refractivity contribution in [1.82, 2.24) is 5.32 Å². The fourth-order valence-electron chi connectivity index (χ4n) is 3.12. The highest BCUT2D eigenvalue weighted by Gasteiger charge is 2.56. The van der Waals surface area contributed by atoms with Crippen molar-refractivity contribution < 1.29 is 15.0 Å². The quantitative estimate of drug-likeness (QED) is 0.633. The lowest BCUT2D eigenvalue weighted by Gasteiger charge is -2.44. The maximum atomic E-state index is 11.5. The van der Waals surface area contributed by atoms with Crippen molar-refractivity contribution in [2.45, 2.75) is 44.1 Å². The smallest absolute Gasteiger partial charge is 0.313 e. The second-order valence-electron chi connectivity index (χ2n) is 4.91. The summed E-state index contributed by atoms with van der Waals surface area (Å²) in [5.41, 5.74) is -1.92. The van der Waals surface area contributed by atoms with Gasteiger partial charge in [0.1, 0.15) is 5.41 Å². The van der Waals surface area contributed by atoms with E-state index in [4.69, 9.17) is 0 Å². The van der Waals surface area contributed by atoms with Gasteiger partial charge in [0.25, 0.3) is 0 Å². The third kappa shape index (κ3) is 1.56. The van der Waals surface area contributed by atoms with E-state index in [1.807, 2.05) is 0 Å². The first kappa shape index (κ1) is 10.9. The molecule has 1 atom stereocenters. The average Bonchev–Trinajstić information content (AvgIpc) is 2.67. The zero-order valence-electron chi connectivity index (χ0n) is 8.96. The molecular formula is C11H19NO3. The number of carboxylic acids is 1. The van der Waals surface area contributed by atoms with Crippen LogP contribution in [-0.2, 0) is 4.79 Å². The molecule has 0 aromatic rings. The van der Waals surface area contributed by atoms with Crippen LogP contribution in [0.5, 0.6) is 0 Å². The molecule has 1 aliphatic heterocycles. The summed E-state index contributed by atoms with van der Waals surface area (Å²) in [6.45, 7) is 1.28. The van der Waals surface area contributed by atoms with E-state index in [0.717, 1.165) is 25.8 Å². The molecule has 0 radical (unpaired) electrons. The highest BCUT2D eigenvalue weighted by Crippen LogP contribution is 2.47. The fraction of sp³-hybridized carbons (Fsp3) is 0.909. The molecule has 86 valence electrons. The van der Waals surface area contributed by atoms with Gasteiger partial charge in [0.2, 0.25) is 0 Å². The van der Waals surface area contributed by atoms with Crippen LogP contribution in [0.4, 0.5) is 0 Å². The summed E-state index contributed by atoms with van der Waals surface area (Å²) in [5, 5.41) is 23.0. The summed E-state index contributed by atoms with van der Waals surface area (Å²) in [5.74, 6) is -0.834. The van der Waals surface area contributed by atoms with Crippen LogP contribution in [0.3, 0.4) is 0 Å². The Morgan fingerprint density at radius 3 is 2.27 bits per heavy atom. The van der Waals surface area contributed by atoms with Crippen molar-refractivity contribution >= 4 is 5.97 Å². The number of carboxylic acid groups (broad SMARTS) is 1. The van der Waals surface area contributed by atoms with Crippen molar-refractivity contribution in [3.8, 4) is 0 Å². The van der Waals surface area contributed by atoms with Crippen LogP contribution in [-0.4, -0.2) is 34.9 Å². The van der Waals surface area contributed by atoms with Crippen LogP contribution in [0.2, 0.25) is 0 Å². The maximum absolute atomic E-state index is 11.5. The molecule has 15 heavy (non-hydrogen) atoms. The minimum absolute atomic E-state index is 0.416. The van der Waals surface area contributed by atoms with Crippen LogP contribution in [0.25, 0.3) is 0 Å².